The van der Waals surface area contributed by atoms with Gasteiger partial charge in [0, 0.05) is 42.1 Å². The second-order valence-corrected chi connectivity index (χ2v) is 10.8. The standard InChI is InChI=1S/C22H24N4O4S2/c1-2-24-22(28)25-20-19(17-7-3-4-8-18(17)31-20)21(27)26-12-9-15(10-13-26)32(29,30)16-6-5-11-23-14-16/h3-8,11,14-15H,2,9-10,12-13H2,1H3,(H2,24,25,28). The van der Waals surface area contributed by atoms with Crippen LogP contribution in [0.2, 0.25) is 0 Å². The molecule has 168 valence electrons. The molecule has 3 heterocycles. The average molecular weight is 473 g/mol. The zero-order valence-corrected chi connectivity index (χ0v) is 19.2. The minimum atomic E-state index is -3.49. The van der Waals surface area contributed by atoms with Gasteiger partial charge in [-0.2, -0.15) is 0 Å². The van der Waals surface area contributed by atoms with Crippen molar-refractivity contribution in [2.24, 2.45) is 0 Å². The second-order valence-electron chi connectivity index (χ2n) is 7.51. The van der Waals surface area contributed by atoms with Crippen LogP contribution < -0.4 is 10.6 Å². The minimum Gasteiger partial charge on any atom is -0.338 e. The maximum Gasteiger partial charge on any atom is 0.319 e. The van der Waals surface area contributed by atoms with E-state index in [-0.39, 0.29) is 16.8 Å². The van der Waals surface area contributed by atoms with Crippen molar-refractivity contribution in [3.8, 4) is 0 Å². The summed E-state index contributed by atoms with van der Waals surface area (Å²) in [6, 6.07) is 10.3. The molecular weight excluding hydrogens is 448 g/mol. The van der Waals surface area contributed by atoms with E-state index < -0.39 is 15.1 Å². The van der Waals surface area contributed by atoms with Crippen molar-refractivity contribution in [2.75, 3.05) is 25.0 Å². The van der Waals surface area contributed by atoms with Gasteiger partial charge in [-0.15, -0.1) is 11.3 Å². The van der Waals surface area contributed by atoms with E-state index in [1.54, 1.807) is 17.0 Å². The number of carbonyl (C=O) groups is 2. The van der Waals surface area contributed by atoms with Gasteiger partial charge in [0.15, 0.2) is 9.84 Å². The number of amides is 3. The minimum absolute atomic E-state index is 0.202. The van der Waals surface area contributed by atoms with Crippen LogP contribution in [0.5, 0.6) is 0 Å². The number of hydrogen-bond acceptors (Lipinski definition) is 6. The molecule has 32 heavy (non-hydrogen) atoms. The fraction of sp³-hybridized carbons (Fsp3) is 0.318. The molecule has 0 saturated carbocycles. The lowest BCUT2D eigenvalue weighted by atomic mass is 10.1. The highest BCUT2D eigenvalue weighted by Gasteiger charge is 2.34. The Kier molecular flexibility index (Phi) is 6.43. The van der Waals surface area contributed by atoms with Crippen molar-refractivity contribution in [2.45, 2.75) is 29.9 Å². The maximum absolute atomic E-state index is 13.5. The van der Waals surface area contributed by atoms with E-state index in [4.69, 9.17) is 0 Å². The Morgan fingerprint density at radius 1 is 1.16 bits per heavy atom. The summed E-state index contributed by atoms with van der Waals surface area (Å²) in [5, 5.41) is 6.19. The largest absolute Gasteiger partial charge is 0.338 e. The van der Waals surface area contributed by atoms with Gasteiger partial charge < -0.3 is 10.2 Å². The lowest BCUT2D eigenvalue weighted by Gasteiger charge is -2.32. The third-order valence-electron chi connectivity index (χ3n) is 5.50. The molecule has 2 N–H and O–H groups in total. The van der Waals surface area contributed by atoms with Gasteiger partial charge in [-0.1, -0.05) is 18.2 Å². The first-order chi connectivity index (χ1) is 15.4. The molecule has 0 atom stereocenters. The average Bonchev–Trinajstić information content (AvgIpc) is 3.17. The fourth-order valence-corrected chi connectivity index (χ4v) is 6.67. The van der Waals surface area contributed by atoms with Crippen LogP contribution in [0.3, 0.4) is 0 Å². The quantitative estimate of drug-likeness (QED) is 0.591. The first-order valence-corrected chi connectivity index (χ1v) is 12.8. The van der Waals surface area contributed by atoms with Gasteiger partial charge in [0.2, 0.25) is 0 Å². The van der Waals surface area contributed by atoms with Crippen molar-refractivity contribution in [3.05, 3.63) is 54.4 Å². The van der Waals surface area contributed by atoms with E-state index in [1.165, 1.54) is 23.7 Å². The molecular formula is C22H24N4O4S2. The van der Waals surface area contributed by atoms with E-state index in [0.29, 0.717) is 43.0 Å². The molecule has 0 spiro atoms. The number of nitrogens with zero attached hydrogens (tertiary/aromatic N) is 2. The Bertz CT molecular complexity index is 1230. The second kappa shape index (κ2) is 9.25. The molecule has 2 aromatic heterocycles. The van der Waals surface area contributed by atoms with Gasteiger partial charge in [0.1, 0.15) is 5.00 Å². The van der Waals surface area contributed by atoms with Gasteiger partial charge >= 0.3 is 6.03 Å². The first-order valence-electron chi connectivity index (χ1n) is 10.4. The molecule has 0 unspecified atom stereocenters. The summed E-state index contributed by atoms with van der Waals surface area (Å²) in [7, 11) is -3.49. The summed E-state index contributed by atoms with van der Waals surface area (Å²) < 4.78 is 26.7. The van der Waals surface area contributed by atoms with Gasteiger partial charge in [0.25, 0.3) is 5.91 Å². The van der Waals surface area contributed by atoms with Crippen molar-refractivity contribution in [1.82, 2.24) is 15.2 Å². The number of piperidine rings is 1. The van der Waals surface area contributed by atoms with Crippen molar-refractivity contribution < 1.29 is 18.0 Å². The number of pyridine rings is 1. The lowest BCUT2D eigenvalue weighted by Crippen LogP contribution is -2.42. The van der Waals surface area contributed by atoms with Crippen LogP contribution in [0.1, 0.15) is 30.1 Å². The summed E-state index contributed by atoms with van der Waals surface area (Å²) in [5.41, 5.74) is 0.449. The molecule has 1 saturated heterocycles. The zero-order chi connectivity index (χ0) is 22.7. The van der Waals surface area contributed by atoms with E-state index in [9.17, 15) is 18.0 Å². The van der Waals surface area contributed by atoms with Crippen LogP contribution in [0.4, 0.5) is 9.80 Å². The molecule has 4 rings (SSSR count). The number of thiophene rings is 1. The van der Waals surface area contributed by atoms with Crippen LogP contribution in [-0.4, -0.2) is 55.1 Å². The van der Waals surface area contributed by atoms with Gasteiger partial charge in [-0.05, 0) is 38.0 Å². The summed E-state index contributed by atoms with van der Waals surface area (Å²) in [5.74, 6) is -0.202. The Labute approximate surface area is 190 Å². The Morgan fingerprint density at radius 3 is 2.59 bits per heavy atom. The lowest BCUT2D eigenvalue weighted by molar-refractivity contribution is 0.0729. The molecule has 1 aliphatic rings. The number of nitrogens with one attached hydrogen (secondary N) is 2. The predicted molar refractivity (Wildman–Crippen MR) is 125 cm³/mol. The molecule has 8 nitrogen and oxygen atoms in total. The van der Waals surface area contributed by atoms with Crippen molar-refractivity contribution >= 4 is 48.2 Å². The summed E-state index contributed by atoms with van der Waals surface area (Å²) >= 11 is 1.35. The number of carbonyl (C=O) groups excluding carboxylic acids is 2. The van der Waals surface area contributed by atoms with Crippen LogP contribution in [-0.2, 0) is 9.84 Å². The van der Waals surface area contributed by atoms with E-state index in [2.05, 4.69) is 15.6 Å². The predicted octanol–water partition coefficient (Wildman–Crippen LogP) is 3.52. The van der Waals surface area contributed by atoms with Crippen molar-refractivity contribution in [3.63, 3.8) is 0 Å². The summed E-state index contributed by atoms with van der Waals surface area (Å²) in [6.07, 6.45) is 3.61. The number of likely N-dealkylation sites (tertiary alicyclic amines) is 1. The highest BCUT2D eigenvalue weighted by molar-refractivity contribution is 7.92. The van der Waals surface area contributed by atoms with Crippen molar-refractivity contribution in [1.29, 1.82) is 0 Å². The van der Waals surface area contributed by atoms with Crippen LogP contribution in [0.25, 0.3) is 10.1 Å². The summed E-state index contributed by atoms with van der Waals surface area (Å²) in [6.45, 7) is 2.95. The number of benzene rings is 1. The molecule has 1 aromatic carbocycles. The number of urea groups is 1. The maximum atomic E-state index is 13.5. The van der Waals surface area contributed by atoms with Crippen LogP contribution >= 0.6 is 11.3 Å². The normalized spacial score (nSPS) is 15.0. The molecule has 0 aliphatic carbocycles. The van der Waals surface area contributed by atoms with Gasteiger partial charge in [-0.3, -0.25) is 15.1 Å². The molecule has 1 fully saturated rings. The number of anilines is 1. The third-order valence-corrected chi connectivity index (χ3v) is 8.84. The Balaban J connectivity index is 1.55. The fourth-order valence-electron chi connectivity index (χ4n) is 3.89. The highest BCUT2D eigenvalue weighted by atomic mass is 32.2. The Hall–Kier alpha value is -2.98. The third kappa shape index (κ3) is 4.33. The smallest absolute Gasteiger partial charge is 0.319 e. The highest BCUT2D eigenvalue weighted by Crippen LogP contribution is 2.37. The molecule has 3 amide bonds. The molecule has 0 radical (unpaired) electrons. The first kappa shape index (κ1) is 22.2. The number of aromatic nitrogens is 1. The van der Waals surface area contributed by atoms with E-state index in [0.717, 1.165) is 10.1 Å². The van der Waals surface area contributed by atoms with Gasteiger partial charge in [0.05, 0.1) is 15.7 Å². The number of sulfone groups is 1. The van der Waals surface area contributed by atoms with E-state index in [1.807, 2.05) is 31.2 Å². The monoisotopic (exact) mass is 472 g/mol. The van der Waals surface area contributed by atoms with Gasteiger partial charge in [-0.25, -0.2) is 13.2 Å². The number of hydrogen-bond donors (Lipinski definition) is 2. The van der Waals surface area contributed by atoms with Crippen LogP contribution in [0, 0.1) is 0 Å². The van der Waals surface area contributed by atoms with Crippen LogP contribution in [0.15, 0.2) is 53.7 Å². The van der Waals surface area contributed by atoms with E-state index >= 15 is 0 Å². The Morgan fingerprint density at radius 2 is 1.91 bits per heavy atom. The molecule has 1 aliphatic heterocycles. The number of rotatable bonds is 5. The zero-order valence-electron chi connectivity index (χ0n) is 17.6. The molecule has 10 heteroatoms. The topological polar surface area (TPSA) is 108 Å². The number of fused-ring (bicyclic) bond motifs is 1. The SMILES string of the molecule is CCNC(=O)Nc1sc2ccccc2c1C(=O)N1CCC(S(=O)(=O)c2cccnc2)CC1. The molecule has 3 aromatic rings. The molecule has 0 bridgehead atoms. The summed E-state index contributed by atoms with van der Waals surface area (Å²) in [4.78, 5) is 31.4.